The first-order valence-electron chi connectivity index (χ1n) is 6.51. The predicted molar refractivity (Wildman–Crippen MR) is 82.6 cm³/mol. The summed E-state index contributed by atoms with van der Waals surface area (Å²) >= 11 is 0. The van der Waals surface area contributed by atoms with Crippen molar-refractivity contribution in [3.05, 3.63) is 66.7 Å². The first-order chi connectivity index (χ1) is 10.2. The van der Waals surface area contributed by atoms with Crippen molar-refractivity contribution in [3.8, 4) is 11.5 Å². The van der Waals surface area contributed by atoms with Crippen LogP contribution in [0.5, 0.6) is 11.5 Å². The molecule has 0 unspecified atom stereocenters. The molecule has 108 valence electrons. The van der Waals surface area contributed by atoms with Gasteiger partial charge in [-0.3, -0.25) is 4.79 Å². The van der Waals surface area contributed by atoms with Gasteiger partial charge < -0.3 is 14.8 Å². The summed E-state index contributed by atoms with van der Waals surface area (Å²) in [5.74, 6) is 0.924. The van der Waals surface area contributed by atoms with Crippen molar-refractivity contribution < 1.29 is 14.3 Å². The van der Waals surface area contributed by atoms with E-state index in [2.05, 4.69) is 11.9 Å². The van der Waals surface area contributed by atoms with Gasteiger partial charge in [0.1, 0.15) is 18.1 Å². The zero-order chi connectivity index (χ0) is 15.1. The number of rotatable bonds is 6. The van der Waals surface area contributed by atoms with Gasteiger partial charge in [-0.05, 0) is 23.8 Å². The molecule has 0 aliphatic carbocycles. The molecule has 4 nitrogen and oxygen atoms in total. The fourth-order valence-electron chi connectivity index (χ4n) is 1.77. The molecule has 21 heavy (non-hydrogen) atoms. The fraction of sp³-hybridized carbons (Fsp3) is 0.118. The van der Waals surface area contributed by atoms with E-state index in [1.807, 2.05) is 30.3 Å². The lowest BCUT2D eigenvalue weighted by Gasteiger charge is -2.13. The van der Waals surface area contributed by atoms with E-state index >= 15 is 0 Å². The Kier molecular flexibility index (Phi) is 4.99. The monoisotopic (exact) mass is 283 g/mol. The quantitative estimate of drug-likeness (QED) is 0.827. The summed E-state index contributed by atoms with van der Waals surface area (Å²) in [7, 11) is 1.58. The zero-order valence-corrected chi connectivity index (χ0v) is 11.8. The third-order valence-electron chi connectivity index (χ3n) is 2.87. The highest BCUT2D eigenvalue weighted by atomic mass is 16.5. The number of carbonyl (C=O) groups is 1. The van der Waals surface area contributed by atoms with Crippen LogP contribution < -0.4 is 14.8 Å². The second-order valence-corrected chi connectivity index (χ2v) is 4.33. The third kappa shape index (κ3) is 4.11. The molecule has 0 fully saturated rings. The molecular weight excluding hydrogens is 266 g/mol. The normalized spacial score (nSPS) is 9.76. The van der Waals surface area contributed by atoms with Crippen molar-refractivity contribution in [1.82, 2.24) is 0 Å². The molecule has 0 bridgehead atoms. The van der Waals surface area contributed by atoms with Gasteiger partial charge >= 0.3 is 0 Å². The third-order valence-corrected chi connectivity index (χ3v) is 2.87. The Hall–Kier alpha value is -2.75. The molecule has 4 heteroatoms. The van der Waals surface area contributed by atoms with Gasteiger partial charge in [-0.25, -0.2) is 0 Å². The smallest absolute Gasteiger partial charge is 0.247 e. The number of amides is 1. The van der Waals surface area contributed by atoms with Crippen LogP contribution in [0.1, 0.15) is 5.56 Å². The molecule has 2 aromatic carbocycles. The van der Waals surface area contributed by atoms with E-state index in [9.17, 15) is 4.79 Å². The van der Waals surface area contributed by atoms with Crippen LogP contribution >= 0.6 is 0 Å². The maximum atomic E-state index is 11.4. The minimum atomic E-state index is -0.287. The lowest BCUT2D eigenvalue weighted by atomic mass is 10.2. The number of carbonyl (C=O) groups excluding carboxylic acids is 1. The highest BCUT2D eigenvalue weighted by molar-refractivity contribution is 5.99. The second-order valence-electron chi connectivity index (χ2n) is 4.33. The fourth-order valence-corrected chi connectivity index (χ4v) is 1.77. The van der Waals surface area contributed by atoms with Gasteiger partial charge in [0.05, 0.1) is 12.8 Å². The van der Waals surface area contributed by atoms with E-state index in [-0.39, 0.29) is 5.91 Å². The Labute approximate surface area is 124 Å². The van der Waals surface area contributed by atoms with E-state index in [1.54, 1.807) is 25.3 Å². The largest absolute Gasteiger partial charge is 0.497 e. The van der Waals surface area contributed by atoms with Crippen molar-refractivity contribution in [3.63, 3.8) is 0 Å². The molecule has 1 N–H and O–H groups in total. The van der Waals surface area contributed by atoms with Crippen LogP contribution in [0.3, 0.4) is 0 Å². The summed E-state index contributed by atoms with van der Waals surface area (Å²) in [4.78, 5) is 11.4. The Morgan fingerprint density at radius 1 is 1.24 bits per heavy atom. The SMILES string of the molecule is C=CC(=O)Nc1ccc(OC)cc1OCc1ccccc1. The lowest BCUT2D eigenvalue weighted by molar-refractivity contribution is -0.111. The number of hydrogen-bond donors (Lipinski definition) is 1. The maximum Gasteiger partial charge on any atom is 0.247 e. The molecule has 0 radical (unpaired) electrons. The Morgan fingerprint density at radius 2 is 2.00 bits per heavy atom. The van der Waals surface area contributed by atoms with Gasteiger partial charge in [-0.2, -0.15) is 0 Å². The number of nitrogens with one attached hydrogen (secondary N) is 1. The molecule has 0 atom stereocenters. The molecule has 0 saturated carbocycles. The molecule has 0 heterocycles. The number of methoxy groups -OCH3 is 1. The molecule has 0 aliphatic heterocycles. The molecule has 2 rings (SSSR count). The van der Waals surface area contributed by atoms with Crippen molar-refractivity contribution >= 4 is 11.6 Å². The Bertz CT molecular complexity index is 623. The van der Waals surface area contributed by atoms with E-state index in [4.69, 9.17) is 9.47 Å². The molecule has 1 amide bonds. The number of benzene rings is 2. The van der Waals surface area contributed by atoms with E-state index in [0.717, 1.165) is 5.56 Å². The summed E-state index contributed by atoms with van der Waals surface area (Å²) in [6, 6.07) is 15.0. The summed E-state index contributed by atoms with van der Waals surface area (Å²) in [5.41, 5.74) is 1.62. The van der Waals surface area contributed by atoms with Crippen molar-refractivity contribution in [2.24, 2.45) is 0 Å². The number of ether oxygens (including phenoxy) is 2. The predicted octanol–water partition coefficient (Wildman–Crippen LogP) is 3.40. The molecule has 0 aliphatic rings. The summed E-state index contributed by atoms with van der Waals surface area (Å²) in [6.45, 7) is 3.84. The number of anilines is 1. The average Bonchev–Trinajstić information content (AvgIpc) is 2.54. The van der Waals surface area contributed by atoms with Gasteiger partial charge in [0.2, 0.25) is 5.91 Å². The van der Waals surface area contributed by atoms with Crippen LogP contribution in [-0.4, -0.2) is 13.0 Å². The second kappa shape index (κ2) is 7.14. The highest BCUT2D eigenvalue weighted by Crippen LogP contribution is 2.30. The van der Waals surface area contributed by atoms with Gasteiger partial charge in [0.15, 0.2) is 0 Å². The molecular formula is C17H17NO3. The van der Waals surface area contributed by atoms with E-state index in [1.165, 1.54) is 6.08 Å². The van der Waals surface area contributed by atoms with Gasteiger partial charge in [-0.1, -0.05) is 36.9 Å². The zero-order valence-electron chi connectivity index (χ0n) is 11.8. The molecule has 0 spiro atoms. The molecule has 0 aromatic heterocycles. The summed E-state index contributed by atoms with van der Waals surface area (Å²) in [5, 5.41) is 2.71. The van der Waals surface area contributed by atoms with E-state index in [0.29, 0.717) is 23.8 Å². The van der Waals surface area contributed by atoms with Crippen molar-refractivity contribution in [2.75, 3.05) is 12.4 Å². The minimum absolute atomic E-state index is 0.287. The van der Waals surface area contributed by atoms with E-state index < -0.39 is 0 Å². The first kappa shape index (κ1) is 14.7. The van der Waals surface area contributed by atoms with Crippen LogP contribution in [0.15, 0.2) is 61.2 Å². The van der Waals surface area contributed by atoms with Gasteiger partial charge in [0, 0.05) is 6.07 Å². The Morgan fingerprint density at radius 3 is 2.67 bits per heavy atom. The summed E-state index contributed by atoms with van der Waals surface area (Å²) < 4.78 is 11.0. The van der Waals surface area contributed by atoms with Crippen LogP contribution in [0.4, 0.5) is 5.69 Å². The topological polar surface area (TPSA) is 47.6 Å². The standard InChI is InChI=1S/C17H17NO3/c1-3-17(19)18-15-10-9-14(20-2)11-16(15)21-12-13-7-5-4-6-8-13/h3-11H,1,12H2,2H3,(H,18,19). The molecule has 0 saturated heterocycles. The Balaban J connectivity index is 2.18. The van der Waals surface area contributed by atoms with Crippen molar-refractivity contribution in [2.45, 2.75) is 6.61 Å². The van der Waals surface area contributed by atoms with Gasteiger partial charge in [-0.15, -0.1) is 0 Å². The van der Waals surface area contributed by atoms with Crippen LogP contribution in [0.25, 0.3) is 0 Å². The average molecular weight is 283 g/mol. The highest BCUT2D eigenvalue weighted by Gasteiger charge is 2.08. The van der Waals surface area contributed by atoms with Crippen molar-refractivity contribution in [1.29, 1.82) is 0 Å². The minimum Gasteiger partial charge on any atom is -0.497 e. The summed E-state index contributed by atoms with van der Waals surface area (Å²) in [6.07, 6.45) is 1.21. The van der Waals surface area contributed by atoms with Gasteiger partial charge in [0.25, 0.3) is 0 Å². The van der Waals surface area contributed by atoms with Crippen LogP contribution in [0, 0.1) is 0 Å². The lowest BCUT2D eigenvalue weighted by Crippen LogP contribution is -2.09. The van der Waals surface area contributed by atoms with Crippen LogP contribution in [0.2, 0.25) is 0 Å². The van der Waals surface area contributed by atoms with Crippen LogP contribution in [-0.2, 0) is 11.4 Å². The number of hydrogen-bond acceptors (Lipinski definition) is 3. The first-order valence-corrected chi connectivity index (χ1v) is 6.51. The maximum absolute atomic E-state index is 11.4. The molecule has 2 aromatic rings.